The molecule has 1 aromatic heterocycles. The molecule has 2 heterocycles. The number of aromatic nitrogens is 1. The van der Waals surface area contributed by atoms with Gasteiger partial charge in [-0.15, -0.1) is 0 Å². The molecule has 0 spiro atoms. The number of piperazine rings is 1. The maximum atomic E-state index is 13.1. The van der Waals surface area contributed by atoms with Crippen LogP contribution in [0, 0.1) is 6.92 Å². The van der Waals surface area contributed by atoms with Gasteiger partial charge in [0.2, 0.25) is 5.91 Å². The van der Waals surface area contributed by atoms with E-state index >= 15 is 0 Å². The van der Waals surface area contributed by atoms with Crippen molar-refractivity contribution in [2.45, 2.75) is 13.1 Å². The number of carbonyl (C=O) groups is 2. The van der Waals surface area contributed by atoms with Gasteiger partial charge < -0.3 is 15.5 Å². The molecule has 1 aromatic carbocycles. The number of benzene rings is 1. The molecule has 0 unspecified atom stereocenters. The van der Waals surface area contributed by atoms with Crippen LogP contribution in [-0.4, -0.2) is 65.8 Å². The topological polar surface area (TPSA) is 77.6 Å². The van der Waals surface area contributed by atoms with Gasteiger partial charge in [0, 0.05) is 33.2 Å². The second-order valence-corrected chi connectivity index (χ2v) is 7.66. The summed E-state index contributed by atoms with van der Waals surface area (Å²) in [5.74, 6) is -0.643. The summed E-state index contributed by atoms with van der Waals surface area (Å²) in [4.78, 5) is 28.6. The van der Waals surface area contributed by atoms with Gasteiger partial charge in [-0.25, -0.2) is 0 Å². The Kier molecular flexibility index (Phi) is 6.61. The maximum absolute atomic E-state index is 13.1. The Bertz CT molecular complexity index is 923. The summed E-state index contributed by atoms with van der Waals surface area (Å²) in [6, 6.07) is 4.88. The third-order valence-corrected chi connectivity index (χ3v) is 5.79. The number of hydrogen-bond donors (Lipinski definition) is 2. The van der Waals surface area contributed by atoms with E-state index in [0.29, 0.717) is 42.4 Å². The van der Waals surface area contributed by atoms with Gasteiger partial charge in [0.25, 0.3) is 5.91 Å². The molecule has 0 atom stereocenters. The Balaban J connectivity index is 1.56. The van der Waals surface area contributed by atoms with Gasteiger partial charge in [0.15, 0.2) is 0 Å². The predicted octanol–water partition coefficient (Wildman–Crippen LogP) is 2.91. The standard InChI is InChI=1S/C19H22F3N5O2S/c1-12-16(17(23-2)30-25-12)18(29)27-9-7-26(8-10-27)11-15(28)24-14-6-4-3-5-13(14)19(20,21)22/h3-6,23H,7-11H2,1-2H3,(H,24,28). The van der Waals surface area contributed by atoms with Crippen LogP contribution in [0.25, 0.3) is 0 Å². The van der Waals surface area contributed by atoms with Crippen LogP contribution in [0.15, 0.2) is 24.3 Å². The molecule has 7 nitrogen and oxygen atoms in total. The first kappa shape index (κ1) is 22.0. The largest absolute Gasteiger partial charge is 0.418 e. The monoisotopic (exact) mass is 441 g/mol. The highest BCUT2D eigenvalue weighted by molar-refractivity contribution is 7.10. The predicted molar refractivity (Wildman–Crippen MR) is 109 cm³/mol. The van der Waals surface area contributed by atoms with Crippen LogP contribution < -0.4 is 10.6 Å². The van der Waals surface area contributed by atoms with E-state index in [1.807, 2.05) is 4.90 Å². The normalized spacial score (nSPS) is 15.2. The minimum atomic E-state index is -4.54. The van der Waals surface area contributed by atoms with Crippen molar-refractivity contribution in [3.05, 3.63) is 41.1 Å². The minimum Gasteiger partial charge on any atom is -0.378 e. The van der Waals surface area contributed by atoms with E-state index < -0.39 is 17.6 Å². The third kappa shape index (κ3) is 4.90. The van der Waals surface area contributed by atoms with E-state index in [9.17, 15) is 22.8 Å². The van der Waals surface area contributed by atoms with Crippen molar-refractivity contribution in [3.63, 3.8) is 0 Å². The van der Waals surface area contributed by atoms with Crippen molar-refractivity contribution in [2.24, 2.45) is 0 Å². The number of nitrogens with zero attached hydrogens (tertiary/aromatic N) is 3. The molecule has 0 aliphatic carbocycles. The molecular weight excluding hydrogens is 419 g/mol. The van der Waals surface area contributed by atoms with Crippen molar-refractivity contribution < 1.29 is 22.8 Å². The van der Waals surface area contributed by atoms with Crippen molar-refractivity contribution in [3.8, 4) is 0 Å². The van der Waals surface area contributed by atoms with E-state index in [-0.39, 0.29) is 18.1 Å². The highest BCUT2D eigenvalue weighted by atomic mass is 32.1. The van der Waals surface area contributed by atoms with Gasteiger partial charge in [0.1, 0.15) is 5.00 Å². The number of carbonyl (C=O) groups excluding carboxylic acids is 2. The first-order valence-electron chi connectivity index (χ1n) is 9.32. The molecule has 2 N–H and O–H groups in total. The van der Waals surface area contributed by atoms with E-state index in [1.54, 1.807) is 18.9 Å². The lowest BCUT2D eigenvalue weighted by Crippen LogP contribution is -2.50. The summed E-state index contributed by atoms with van der Waals surface area (Å²) in [6.45, 7) is 3.48. The minimum absolute atomic E-state index is 0.0466. The molecule has 1 aliphatic heterocycles. The molecule has 1 aliphatic rings. The lowest BCUT2D eigenvalue weighted by Gasteiger charge is -2.34. The average Bonchev–Trinajstić information content (AvgIpc) is 3.08. The first-order chi connectivity index (χ1) is 14.2. The molecule has 0 bridgehead atoms. The number of hydrogen-bond acceptors (Lipinski definition) is 6. The highest BCUT2D eigenvalue weighted by Gasteiger charge is 2.34. The van der Waals surface area contributed by atoms with E-state index in [1.165, 1.54) is 29.7 Å². The molecule has 11 heteroatoms. The summed E-state index contributed by atoms with van der Waals surface area (Å²) < 4.78 is 43.4. The molecule has 30 heavy (non-hydrogen) atoms. The number of para-hydroxylation sites is 1. The smallest absolute Gasteiger partial charge is 0.378 e. The summed E-state index contributed by atoms with van der Waals surface area (Å²) >= 11 is 1.23. The molecule has 2 aromatic rings. The number of anilines is 2. The summed E-state index contributed by atoms with van der Waals surface area (Å²) in [6.07, 6.45) is -4.54. The van der Waals surface area contributed by atoms with Gasteiger partial charge in [0.05, 0.1) is 29.1 Å². The molecular formula is C19H22F3N5O2S. The Hall–Kier alpha value is -2.66. The van der Waals surface area contributed by atoms with Gasteiger partial charge >= 0.3 is 6.18 Å². The van der Waals surface area contributed by atoms with Gasteiger partial charge in [-0.2, -0.15) is 17.5 Å². The number of rotatable bonds is 5. The van der Waals surface area contributed by atoms with Crippen LogP contribution in [0.3, 0.4) is 0 Å². The zero-order valence-electron chi connectivity index (χ0n) is 16.5. The van der Waals surface area contributed by atoms with Crippen molar-refractivity contribution in [1.29, 1.82) is 0 Å². The molecule has 162 valence electrons. The molecule has 1 fully saturated rings. The quantitative estimate of drug-likeness (QED) is 0.746. The second kappa shape index (κ2) is 9.00. The van der Waals surface area contributed by atoms with Crippen LogP contribution in [0.2, 0.25) is 0 Å². The molecule has 0 saturated carbocycles. The Labute approximate surface area is 176 Å². The fourth-order valence-electron chi connectivity index (χ4n) is 3.29. The van der Waals surface area contributed by atoms with Gasteiger partial charge in [-0.05, 0) is 30.6 Å². The Morgan fingerprint density at radius 3 is 2.47 bits per heavy atom. The average molecular weight is 441 g/mol. The maximum Gasteiger partial charge on any atom is 0.418 e. The van der Waals surface area contributed by atoms with Gasteiger partial charge in [-0.1, -0.05) is 12.1 Å². The number of alkyl halides is 3. The fourth-order valence-corrected chi connectivity index (χ4v) is 4.03. The van der Waals surface area contributed by atoms with Crippen LogP contribution in [0.1, 0.15) is 21.6 Å². The zero-order valence-corrected chi connectivity index (χ0v) is 17.4. The van der Waals surface area contributed by atoms with Crippen molar-refractivity contribution >= 4 is 34.0 Å². The Morgan fingerprint density at radius 2 is 1.83 bits per heavy atom. The summed E-state index contributed by atoms with van der Waals surface area (Å²) in [5.41, 5.74) is 0.0784. The highest BCUT2D eigenvalue weighted by Crippen LogP contribution is 2.34. The van der Waals surface area contributed by atoms with E-state index in [4.69, 9.17) is 0 Å². The molecule has 2 amide bonds. The first-order valence-corrected chi connectivity index (χ1v) is 10.1. The third-order valence-electron chi connectivity index (χ3n) is 4.84. The van der Waals surface area contributed by atoms with Crippen molar-refractivity contribution in [2.75, 3.05) is 50.4 Å². The summed E-state index contributed by atoms with van der Waals surface area (Å²) in [7, 11) is 1.73. The lowest BCUT2D eigenvalue weighted by molar-refractivity contribution is -0.137. The number of aryl methyl sites for hydroxylation is 1. The fraction of sp³-hybridized carbons (Fsp3) is 0.421. The Morgan fingerprint density at radius 1 is 1.17 bits per heavy atom. The lowest BCUT2D eigenvalue weighted by atomic mass is 10.1. The zero-order chi connectivity index (χ0) is 21.9. The number of nitrogens with one attached hydrogen (secondary N) is 2. The van der Waals surface area contributed by atoms with Crippen LogP contribution in [0.5, 0.6) is 0 Å². The molecule has 3 rings (SSSR count). The van der Waals surface area contributed by atoms with Crippen LogP contribution in [-0.2, 0) is 11.0 Å². The van der Waals surface area contributed by atoms with Crippen LogP contribution >= 0.6 is 11.5 Å². The molecule has 1 saturated heterocycles. The summed E-state index contributed by atoms with van der Waals surface area (Å²) in [5, 5.41) is 6.03. The molecule has 0 radical (unpaired) electrons. The number of amides is 2. The van der Waals surface area contributed by atoms with Crippen molar-refractivity contribution in [1.82, 2.24) is 14.2 Å². The SMILES string of the molecule is CNc1snc(C)c1C(=O)N1CCN(CC(=O)Nc2ccccc2C(F)(F)F)CC1. The second-order valence-electron chi connectivity index (χ2n) is 6.88. The number of halogens is 3. The van der Waals surface area contributed by atoms with Gasteiger partial charge in [-0.3, -0.25) is 14.5 Å². The van der Waals surface area contributed by atoms with E-state index in [2.05, 4.69) is 15.0 Å². The van der Waals surface area contributed by atoms with Crippen LogP contribution in [0.4, 0.5) is 23.9 Å². The van der Waals surface area contributed by atoms with E-state index in [0.717, 1.165) is 6.07 Å².